The van der Waals surface area contributed by atoms with Gasteiger partial charge in [-0.1, -0.05) is 25.0 Å². The van der Waals surface area contributed by atoms with Crippen molar-refractivity contribution < 1.29 is 27.5 Å². The Bertz CT molecular complexity index is 831. The van der Waals surface area contributed by atoms with Crippen molar-refractivity contribution in [3.05, 3.63) is 48.3 Å². The van der Waals surface area contributed by atoms with E-state index in [0.717, 1.165) is 31.7 Å². The van der Waals surface area contributed by atoms with Gasteiger partial charge in [-0.05, 0) is 30.9 Å². The van der Waals surface area contributed by atoms with E-state index in [1.54, 1.807) is 12.3 Å². The number of anilines is 1. The molecular formula is C20H23F4N3O2. The second kappa shape index (κ2) is 8.42. The quantitative estimate of drug-likeness (QED) is 0.756. The molecule has 1 saturated carbocycles. The highest BCUT2D eigenvalue weighted by Crippen LogP contribution is 2.51. The van der Waals surface area contributed by atoms with Crippen molar-refractivity contribution in [3.8, 4) is 0 Å². The third kappa shape index (κ3) is 4.71. The zero-order valence-corrected chi connectivity index (χ0v) is 15.8. The largest absolute Gasteiger partial charge is 0.490 e. The lowest BCUT2D eigenvalue weighted by Crippen LogP contribution is -2.32. The lowest BCUT2D eigenvalue weighted by molar-refractivity contribution is -0.192. The molecule has 2 aromatic rings. The Kier molecular flexibility index (Phi) is 6.14. The van der Waals surface area contributed by atoms with Gasteiger partial charge in [0.1, 0.15) is 5.82 Å². The van der Waals surface area contributed by atoms with E-state index in [1.807, 2.05) is 18.6 Å². The van der Waals surface area contributed by atoms with E-state index in [0.29, 0.717) is 0 Å². The van der Waals surface area contributed by atoms with Gasteiger partial charge in [0.25, 0.3) is 0 Å². The molecular weight excluding hydrogens is 390 g/mol. The average molecular weight is 413 g/mol. The molecule has 1 fully saturated rings. The molecule has 2 aliphatic rings. The fourth-order valence-corrected chi connectivity index (χ4v) is 4.33. The van der Waals surface area contributed by atoms with Crippen LogP contribution in [0.5, 0.6) is 0 Å². The third-order valence-electron chi connectivity index (χ3n) is 5.57. The molecule has 1 spiro atoms. The van der Waals surface area contributed by atoms with E-state index in [9.17, 15) is 17.6 Å². The topological polar surface area (TPSA) is 58.4 Å². The smallest absolute Gasteiger partial charge is 0.475 e. The maximum atomic E-state index is 14.4. The van der Waals surface area contributed by atoms with Crippen molar-refractivity contribution in [2.45, 2.75) is 50.2 Å². The molecule has 29 heavy (non-hydrogen) atoms. The average Bonchev–Trinajstić information content (AvgIpc) is 3.38. The first-order valence-electron chi connectivity index (χ1n) is 9.53. The minimum atomic E-state index is -5.08. The normalized spacial score (nSPS) is 17.2. The van der Waals surface area contributed by atoms with Gasteiger partial charge in [0.2, 0.25) is 0 Å². The van der Waals surface area contributed by atoms with E-state index < -0.39 is 12.1 Å². The summed E-state index contributed by atoms with van der Waals surface area (Å²) < 4.78 is 48.2. The van der Waals surface area contributed by atoms with Gasteiger partial charge in [-0.2, -0.15) is 13.2 Å². The molecule has 158 valence electrons. The molecule has 2 heterocycles. The summed E-state index contributed by atoms with van der Waals surface area (Å²) in [5.41, 5.74) is 2.34. The number of rotatable bonds is 4. The maximum Gasteiger partial charge on any atom is 0.490 e. The fourth-order valence-electron chi connectivity index (χ4n) is 4.33. The molecule has 1 aliphatic heterocycles. The van der Waals surface area contributed by atoms with E-state index >= 15 is 0 Å². The predicted octanol–water partition coefficient (Wildman–Crippen LogP) is 4.38. The summed E-state index contributed by atoms with van der Waals surface area (Å²) >= 11 is 0. The minimum absolute atomic E-state index is 0.0519. The van der Waals surface area contributed by atoms with Gasteiger partial charge in [0.15, 0.2) is 0 Å². The van der Waals surface area contributed by atoms with E-state index in [4.69, 9.17) is 9.90 Å². The van der Waals surface area contributed by atoms with Crippen LogP contribution in [-0.2, 0) is 16.8 Å². The summed E-state index contributed by atoms with van der Waals surface area (Å²) in [4.78, 5) is 15.3. The van der Waals surface area contributed by atoms with Crippen LogP contribution in [0.15, 0.2) is 36.9 Å². The van der Waals surface area contributed by atoms with Crippen LogP contribution in [0.1, 0.15) is 37.7 Å². The number of alkyl halides is 3. The Morgan fingerprint density at radius 3 is 2.48 bits per heavy atom. The van der Waals surface area contributed by atoms with Crippen LogP contribution in [0.2, 0.25) is 0 Å². The molecule has 9 heteroatoms. The minimum Gasteiger partial charge on any atom is -0.475 e. The van der Waals surface area contributed by atoms with Crippen molar-refractivity contribution in [3.63, 3.8) is 0 Å². The Morgan fingerprint density at radius 1 is 1.21 bits per heavy atom. The summed E-state index contributed by atoms with van der Waals surface area (Å²) in [5.74, 6) is -2.81. The number of nitrogens with zero attached hydrogens (tertiary/aromatic N) is 3. The van der Waals surface area contributed by atoms with Crippen LogP contribution in [0.4, 0.5) is 23.2 Å². The number of carboxylic acid groups (broad SMARTS) is 1. The highest BCUT2D eigenvalue weighted by molar-refractivity contribution is 5.73. The maximum absolute atomic E-state index is 14.4. The predicted molar refractivity (Wildman–Crippen MR) is 99.3 cm³/mol. The highest BCUT2D eigenvalue weighted by Gasteiger charge is 2.45. The second-order valence-corrected chi connectivity index (χ2v) is 7.50. The first-order valence-corrected chi connectivity index (χ1v) is 9.53. The standard InChI is InChI=1S/C18H22FN3.C2HF3O2/c19-16-6-3-5-15-17(16)22(13-18(15)7-1-2-8-18)11-4-10-21-12-9-20-14-21;3-2(4,5)1(6)7/h3,5-6,9,12,14H,1-2,4,7-8,10-11,13H2;(H,6,7). The Hall–Kier alpha value is -2.58. The number of halogens is 4. The van der Waals surface area contributed by atoms with Crippen molar-refractivity contribution >= 4 is 11.7 Å². The SMILES string of the molecule is Fc1cccc2c1N(CCCn1ccnc1)CC21CCCC1.O=C(O)C(F)(F)F. The molecule has 1 N–H and O–H groups in total. The van der Waals surface area contributed by atoms with Crippen molar-refractivity contribution in [1.29, 1.82) is 0 Å². The number of carboxylic acids is 1. The monoisotopic (exact) mass is 413 g/mol. The number of benzene rings is 1. The molecule has 4 rings (SSSR count). The van der Waals surface area contributed by atoms with Gasteiger partial charge in [-0.15, -0.1) is 0 Å². The number of hydrogen-bond donors (Lipinski definition) is 1. The first-order chi connectivity index (χ1) is 13.7. The van der Waals surface area contributed by atoms with Gasteiger partial charge >= 0.3 is 12.1 Å². The number of carbonyl (C=O) groups is 1. The first kappa shape index (κ1) is 21.1. The van der Waals surface area contributed by atoms with Gasteiger partial charge in [-0.25, -0.2) is 14.2 Å². The van der Waals surface area contributed by atoms with Gasteiger partial charge in [0.05, 0.1) is 12.0 Å². The highest BCUT2D eigenvalue weighted by atomic mass is 19.4. The van der Waals surface area contributed by atoms with E-state index in [1.165, 1.54) is 31.2 Å². The van der Waals surface area contributed by atoms with Crippen molar-refractivity contribution in [2.24, 2.45) is 0 Å². The zero-order valence-electron chi connectivity index (χ0n) is 15.8. The summed E-state index contributed by atoms with van der Waals surface area (Å²) in [5, 5.41) is 7.12. The van der Waals surface area contributed by atoms with Crippen molar-refractivity contribution in [1.82, 2.24) is 9.55 Å². The fraction of sp³-hybridized carbons (Fsp3) is 0.500. The van der Waals surface area contributed by atoms with Crippen LogP contribution in [-0.4, -0.2) is 39.9 Å². The Labute approximate surface area is 166 Å². The molecule has 5 nitrogen and oxygen atoms in total. The lowest BCUT2D eigenvalue weighted by Gasteiger charge is -2.25. The summed E-state index contributed by atoms with van der Waals surface area (Å²) in [6, 6.07) is 5.64. The van der Waals surface area contributed by atoms with Crippen molar-refractivity contribution in [2.75, 3.05) is 18.0 Å². The molecule has 1 aromatic carbocycles. The Balaban J connectivity index is 0.000000298. The lowest BCUT2D eigenvalue weighted by atomic mass is 9.81. The number of para-hydroxylation sites is 1. The van der Waals surface area contributed by atoms with Gasteiger partial charge in [-0.3, -0.25) is 0 Å². The number of imidazole rings is 1. The molecule has 0 radical (unpaired) electrons. The summed E-state index contributed by atoms with van der Waals surface area (Å²) in [6.07, 6.45) is 6.53. The molecule has 0 unspecified atom stereocenters. The number of aliphatic carboxylic acids is 1. The summed E-state index contributed by atoms with van der Waals surface area (Å²) in [6.45, 7) is 2.84. The van der Waals surface area contributed by atoms with E-state index in [2.05, 4.69) is 20.5 Å². The summed E-state index contributed by atoms with van der Waals surface area (Å²) in [7, 11) is 0. The van der Waals surface area contributed by atoms with Crippen LogP contribution in [0.25, 0.3) is 0 Å². The molecule has 0 saturated heterocycles. The second-order valence-electron chi connectivity index (χ2n) is 7.50. The number of fused-ring (bicyclic) bond motifs is 2. The van der Waals surface area contributed by atoms with Gasteiger partial charge in [0, 0.05) is 37.4 Å². The third-order valence-corrected chi connectivity index (χ3v) is 5.57. The van der Waals surface area contributed by atoms with E-state index in [-0.39, 0.29) is 11.2 Å². The van der Waals surface area contributed by atoms with Crippen LogP contribution < -0.4 is 4.90 Å². The number of hydrogen-bond acceptors (Lipinski definition) is 3. The van der Waals surface area contributed by atoms with Crippen LogP contribution >= 0.6 is 0 Å². The molecule has 1 aromatic heterocycles. The molecule has 0 amide bonds. The number of aromatic nitrogens is 2. The number of aryl methyl sites for hydroxylation is 1. The Morgan fingerprint density at radius 2 is 1.90 bits per heavy atom. The van der Waals surface area contributed by atoms with Gasteiger partial charge < -0.3 is 14.6 Å². The van der Waals surface area contributed by atoms with Crippen LogP contribution in [0.3, 0.4) is 0 Å². The zero-order chi connectivity index (χ0) is 21.1. The molecule has 0 bridgehead atoms. The van der Waals surface area contributed by atoms with Crippen LogP contribution in [0, 0.1) is 5.82 Å². The molecule has 1 aliphatic carbocycles. The molecule has 0 atom stereocenters.